The number of aliphatic hydroxyl groups is 1. The average molecular weight is 318 g/mol. The van der Waals surface area contributed by atoms with Crippen molar-refractivity contribution >= 4 is 9.84 Å². The molecular weight excluding hydrogens is 298 g/mol. The zero-order valence-corrected chi connectivity index (χ0v) is 12.8. The van der Waals surface area contributed by atoms with E-state index in [1.807, 2.05) is 0 Å². The smallest absolute Gasteiger partial charge is 0.157 e. The molecule has 3 nitrogen and oxygen atoms in total. The number of hydrogen-bond acceptors (Lipinski definition) is 3. The van der Waals surface area contributed by atoms with Crippen LogP contribution in [0.2, 0.25) is 0 Å². The molecule has 0 radical (unpaired) electrons. The van der Waals surface area contributed by atoms with Gasteiger partial charge in [0.1, 0.15) is 11.6 Å². The topological polar surface area (TPSA) is 54.4 Å². The molecule has 1 N–H and O–H groups in total. The molecule has 0 unspecified atom stereocenters. The monoisotopic (exact) mass is 318 g/mol. The van der Waals surface area contributed by atoms with Gasteiger partial charge in [-0.15, -0.1) is 0 Å². The lowest BCUT2D eigenvalue weighted by molar-refractivity contribution is 0.0135. The summed E-state index contributed by atoms with van der Waals surface area (Å²) in [5.41, 5.74) is -1.72. The Balaban J connectivity index is 2.12. The summed E-state index contributed by atoms with van der Waals surface area (Å²) < 4.78 is 51.4. The second-order valence-corrected chi connectivity index (χ2v) is 8.20. The fourth-order valence-electron chi connectivity index (χ4n) is 2.79. The molecule has 1 fully saturated rings. The highest BCUT2D eigenvalue weighted by Gasteiger charge is 2.36. The predicted molar refractivity (Wildman–Crippen MR) is 76.4 cm³/mol. The van der Waals surface area contributed by atoms with E-state index in [-0.39, 0.29) is 0 Å². The van der Waals surface area contributed by atoms with Crippen molar-refractivity contribution in [2.45, 2.75) is 44.0 Å². The van der Waals surface area contributed by atoms with Crippen molar-refractivity contribution in [1.82, 2.24) is 0 Å². The van der Waals surface area contributed by atoms with E-state index in [1.54, 1.807) is 0 Å². The Morgan fingerprint density at radius 2 is 1.76 bits per heavy atom. The van der Waals surface area contributed by atoms with Gasteiger partial charge in [-0.2, -0.15) is 0 Å². The molecule has 0 spiro atoms. The van der Waals surface area contributed by atoms with Crippen LogP contribution in [0.5, 0.6) is 0 Å². The van der Waals surface area contributed by atoms with Crippen molar-refractivity contribution in [1.29, 1.82) is 0 Å². The van der Waals surface area contributed by atoms with Gasteiger partial charge in [0.05, 0.1) is 17.1 Å². The molecule has 0 atom stereocenters. The quantitative estimate of drug-likeness (QED) is 0.929. The van der Waals surface area contributed by atoms with Gasteiger partial charge < -0.3 is 5.11 Å². The molecule has 0 bridgehead atoms. The molecule has 2 rings (SSSR count). The first-order valence-corrected chi connectivity index (χ1v) is 8.89. The molecule has 0 aromatic heterocycles. The standard InChI is InChI=1S/C15H20F2O3S/c1-11-5-7-15(18,8-6-11)10-21(19,20)9-12-13(16)3-2-4-14(12)17/h2-4,11,18H,5-10H2,1H3. The van der Waals surface area contributed by atoms with Crippen LogP contribution < -0.4 is 0 Å². The van der Waals surface area contributed by atoms with Gasteiger partial charge in [0.25, 0.3) is 0 Å². The molecule has 6 heteroatoms. The number of benzene rings is 1. The maximum absolute atomic E-state index is 13.5. The number of rotatable bonds is 4. The Morgan fingerprint density at radius 3 is 2.29 bits per heavy atom. The third-order valence-electron chi connectivity index (χ3n) is 4.12. The Morgan fingerprint density at radius 1 is 1.24 bits per heavy atom. The van der Waals surface area contributed by atoms with Crippen LogP contribution in [0.25, 0.3) is 0 Å². The van der Waals surface area contributed by atoms with E-state index < -0.39 is 44.1 Å². The van der Waals surface area contributed by atoms with E-state index in [9.17, 15) is 22.3 Å². The van der Waals surface area contributed by atoms with Crippen LogP contribution >= 0.6 is 0 Å². The summed E-state index contributed by atoms with van der Waals surface area (Å²) in [5.74, 6) is -2.44. The molecule has 1 saturated carbocycles. The summed E-state index contributed by atoms with van der Waals surface area (Å²) in [6.07, 6.45) is 2.35. The number of halogens is 2. The average Bonchev–Trinajstić information content (AvgIpc) is 2.37. The fourth-order valence-corrected chi connectivity index (χ4v) is 4.72. The predicted octanol–water partition coefficient (Wildman–Crippen LogP) is 2.82. The lowest BCUT2D eigenvalue weighted by Gasteiger charge is -2.34. The highest BCUT2D eigenvalue weighted by atomic mass is 32.2. The van der Waals surface area contributed by atoms with Gasteiger partial charge in [0.2, 0.25) is 0 Å². The summed E-state index contributed by atoms with van der Waals surface area (Å²) in [6.45, 7) is 2.06. The normalized spacial score (nSPS) is 26.8. The van der Waals surface area contributed by atoms with E-state index in [2.05, 4.69) is 6.92 Å². The van der Waals surface area contributed by atoms with Crippen LogP contribution in [-0.2, 0) is 15.6 Å². The first-order chi connectivity index (χ1) is 9.71. The summed E-state index contributed by atoms with van der Waals surface area (Å²) in [5, 5.41) is 10.4. The fraction of sp³-hybridized carbons (Fsp3) is 0.600. The Bertz CT molecular complexity index is 585. The first-order valence-electron chi connectivity index (χ1n) is 7.06. The molecular formula is C15H20F2O3S. The van der Waals surface area contributed by atoms with Gasteiger partial charge in [-0.25, -0.2) is 17.2 Å². The van der Waals surface area contributed by atoms with Crippen LogP contribution in [0.15, 0.2) is 18.2 Å². The van der Waals surface area contributed by atoms with Crippen molar-refractivity contribution in [2.24, 2.45) is 5.92 Å². The highest BCUT2D eigenvalue weighted by molar-refractivity contribution is 7.90. The maximum Gasteiger partial charge on any atom is 0.157 e. The van der Waals surface area contributed by atoms with Gasteiger partial charge in [-0.3, -0.25) is 0 Å². The minimum Gasteiger partial charge on any atom is -0.389 e. The second kappa shape index (κ2) is 6.01. The second-order valence-electron chi connectivity index (χ2n) is 6.14. The third kappa shape index (κ3) is 4.23. The van der Waals surface area contributed by atoms with Crippen molar-refractivity contribution < 1.29 is 22.3 Å². The van der Waals surface area contributed by atoms with E-state index in [1.165, 1.54) is 6.07 Å². The van der Waals surface area contributed by atoms with Gasteiger partial charge in [-0.05, 0) is 43.7 Å². The highest BCUT2D eigenvalue weighted by Crippen LogP contribution is 2.33. The van der Waals surface area contributed by atoms with Gasteiger partial charge in [-0.1, -0.05) is 13.0 Å². The van der Waals surface area contributed by atoms with Gasteiger partial charge in [0.15, 0.2) is 9.84 Å². The Hall–Kier alpha value is -1.01. The molecule has 1 aliphatic rings. The molecule has 1 aliphatic carbocycles. The molecule has 21 heavy (non-hydrogen) atoms. The van der Waals surface area contributed by atoms with Crippen LogP contribution in [0.3, 0.4) is 0 Å². The van der Waals surface area contributed by atoms with Crippen molar-refractivity contribution in [3.8, 4) is 0 Å². The van der Waals surface area contributed by atoms with Crippen molar-refractivity contribution in [3.63, 3.8) is 0 Å². The molecule has 0 amide bonds. The minimum atomic E-state index is -3.79. The molecule has 0 aliphatic heterocycles. The summed E-state index contributed by atoms with van der Waals surface area (Å²) in [7, 11) is -3.79. The molecule has 1 aromatic carbocycles. The number of sulfone groups is 1. The lowest BCUT2D eigenvalue weighted by atomic mass is 9.81. The van der Waals surface area contributed by atoms with E-state index in [0.29, 0.717) is 18.8 Å². The summed E-state index contributed by atoms with van der Waals surface area (Å²) in [4.78, 5) is 0. The zero-order valence-electron chi connectivity index (χ0n) is 12.0. The minimum absolute atomic E-state index is 0.410. The zero-order chi connectivity index (χ0) is 15.7. The Labute approximate surface area is 123 Å². The van der Waals surface area contributed by atoms with E-state index in [4.69, 9.17) is 0 Å². The lowest BCUT2D eigenvalue weighted by Crippen LogP contribution is -2.40. The van der Waals surface area contributed by atoms with Crippen molar-refractivity contribution in [3.05, 3.63) is 35.4 Å². The van der Waals surface area contributed by atoms with Crippen LogP contribution in [0, 0.1) is 17.6 Å². The van der Waals surface area contributed by atoms with Gasteiger partial charge in [0, 0.05) is 5.56 Å². The summed E-state index contributed by atoms with van der Waals surface area (Å²) >= 11 is 0. The van der Waals surface area contributed by atoms with E-state index >= 15 is 0 Å². The molecule has 0 saturated heterocycles. The SMILES string of the molecule is CC1CCC(O)(CS(=O)(=O)Cc2c(F)cccc2F)CC1. The van der Waals surface area contributed by atoms with E-state index in [0.717, 1.165) is 25.0 Å². The molecule has 118 valence electrons. The largest absolute Gasteiger partial charge is 0.389 e. The molecule has 1 aromatic rings. The Kier molecular flexibility index (Phi) is 4.68. The van der Waals surface area contributed by atoms with Gasteiger partial charge >= 0.3 is 0 Å². The first kappa shape index (κ1) is 16.4. The maximum atomic E-state index is 13.5. The summed E-state index contributed by atoms with van der Waals surface area (Å²) in [6, 6.07) is 3.26. The molecule has 0 heterocycles. The van der Waals surface area contributed by atoms with Crippen LogP contribution in [-0.4, -0.2) is 24.9 Å². The third-order valence-corrected chi connectivity index (χ3v) is 5.83. The number of hydrogen-bond donors (Lipinski definition) is 1. The van der Waals surface area contributed by atoms with Crippen LogP contribution in [0.4, 0.5) is 8.78 Å². The van der Waals surface area contributed by atoms with Crippen molar-refractivity contribution in [2.75, 3.05) is 5.75 Å². The van der Waals surface area contributed by atoms with Crippen LogP contribution in [0.1, 0.15) is 38.2 Å².